The Morgan fingerprint density at radius 1 is 1.41 bits per heavy atom. The molecule has 0 fully saturated rings. The fraction of sp³-hybridized carbons (Fsp3) is 0.500. The van der Waals surface area contributed by atoms with Gasteiger partial charge in [0.15, 0.2) is 0 Å². The van der Waals surface area contributed by atoms with Crippen molar-refractivity contribution in [3.05, 3.63) is 32.7 Å². The van der Waals surface area contributed by atoms with E-state index in [9.17, 15) is 0 Å². The lowest BCUT2D eigenvalue weighted by Crippen LogP contribution is -2.00. The van der Waals surface area contributed by atoms with Gasteiger partial charge >= 0.3 is 0 Å². The fourth-order valence-corrected chi connectivity index (χ4v) is 3.44. The zero-order chi connectivity index (χ0) is 12.3. The molecule has 3 nitrogen and oxygen atoms in total. The molecule has 2 aromatic heterocycles. The molecule has 2 rings (SSSR count). The minimum atomic E-state index is 0.549. The van der Waals surface area contributed by atoms with Crippen molar-refractivity contribution < 1.29 is 0 Å². The molecule has 0 aliphatic carbocycles. The van der Waals surface area contributed by atoms with Crippen LogP contribution in [0.2, 0.25) is 0 Å². The van der Waals surface area contributed by atoms with Crippen molar-refractivity contribution in [3.63, 3.8) is 0 Å². The summed E-state index contributed by atoms with van der Waals surface area (Å²) in [4.78, 5) is 1.42. The second-order valence-electron chi connectivity index (χ2n) is 4.02. The Hall–Kier alpha value is -0.680. The summed E-state index contributed by atoms with van der Waals surface area (Å²) in [5, 5.41) is 8.29. The number of aromatic nitrogens is 3. The van der Waals surface area contributed by atoms with Gasteiger partial charge in [-0.25, -0.2) is 0 Å². The minimum Gasteiger partial charge on any atom is -0.253 e. The maximum Gasteiger partial charge on any atom is 0.0833 e. The molecule has 1 unspecified atom stereocenters. The van der Waals surface area contributed by atoms with Crippen LogP contribution in [0.3, 0.4) is 0 Å². The lowest BCUT2D eigenvalue weighted by Gasteiger charge is -2.10. The van der Waals surface area contributed by atoms with E-state index in [1.807, 2.05) is 22.2 Å². The normalized spacial score (nSPS) is 12.9. The number of halogens is 1. The Labute approximate surface area is 114 Å². The number of hydrogen-bond acceptors (Lipinski definition) is 3. The monoisotopic (exact) mass is 313 g/mol. The molecule has 2 heterocycles. The largest absolute Gasteiger partial charge is 0.253 e. The van der Waals surface area contributed by atoms with E-state index in [1.54, 1.807) is 0 Å². The number of thiophene rings is 1. The molecule has 2 aromatic rings. The first-order valence-corrected chi connectivity index (χ1v) is 7.48. The van der Waals surface area contributed by atoms with Crippen LogP contribution in [0.1, 0.15) is 36.8 Å². The predicted octanol–water partition coefficient (Wildman–Crippen LogP) is 3.86. The summed E-state index contributed by atoms with van der Waals surface area (Å²) in [7, 11) is 0. The van der Waals surface area contributed by atoms with Crippen molar-refractivity contribution in [2.24, 2.45) is 0 Å². The van der Waals surface area contributed by atoms with E-state index in [2.05, 4.69) is 52.2 Å². The smallest absolute Gasteiger partial charge is 0.0833 e. The zero-order valence-electron chi connectivity index (χ0n) is 10.1. The minimum absolute atomic E-state index is 0.549. The molecule has 0 bridgehead atoms. The molecule has 0 aromatic carbocycles. The summed E-state index contributed by atoms with van der Waals surface area (Å²) in [6.45, 7) is 5.18. The van der Waals surface area contributed by atoms with E-state index < -0.39 is 0 Å². The molecular weight excluding hydrogens is 298 g/mol. The maximum absolute atomic E-state index is 4.21. The highest BCUT2D eigenvalue weighted by Crippen LogP contribution is 2.32. The Kier molecular flexibility index (Phi) is 4.34. The van der Waals surface area contributed by atoms with Crippen LogP contribution in [0.25, 0.3) is 0 Å². The van der Waals surface area contributed by atoms with E-state index in [0.717, 1.165) is 25.1 Å². The standard InChI is InChI=1S/C12H16BrN3S/c1-3-9(11-5-6-12(13)17-11)7-10-8-16(4-2)15-14-10/h5-6,8-9H,3-4,7H2,1-2H3. The number of rotatable bonds is 5. The average molecular weight is 314 g/mol. The van der Waals surface area contributed by atoms with Gasteiger partial charge in [-0.05, 0) is 47.3 Å². The van der Waals surface area contributed by atoms with Crippen LogP contribution >= 0.6 is 27.3 Å². The number of hydrogen-bond donors (Lipinski definition) is 0. The molecule has 1 atom stereocenters. The molecule has 0 aliphatic heterocycles. The second-order valence-corrected chi connectivity index (χ2v) is 6.51. The molecule has 0 saturated carbocycles. The quantitative estimate of drug-likeness (QED) is 0.839. The molecule has 0 spiro atoms. The van der Waals surface area contributed by atoms with Gasteiger partial charge in [0.05, 0.1) is 9.48 Å². The van der Waals surface area contributed by atoms with Gasteiger partial charge < -0.3 is 0 Å². The molecule has 0 N–H and O–H groups in total. The van der Waals surface area contributed by atoms with Crippen molar-refractivity contribution in [3.8, 4) is 0 Å². The highest BCUT2D eigenvalue weighted by atomic mass is 79.9. The van der Waals surface area contributed by atoms with Crippen LogP contribution in [0.15, 0.2) is 22.1 Å². The van der Waals surface area contributed by atoms with Gasteiger partial charge in [0.2, 0.25) is 0 Å². The summed E-state index contributed by atoms with van der Waals surface area (Å²) >= 11 is 5.33. The maximum atomic E-state index is 4.21. The summed E-state index contributed by atoms with van der Waals surface area (Å²) in [5.74, 6) is 0.549. The Bertz CT molecular complexity index is 478. The number of aryl methyl sites for hydroxylation is 1. The lowest BCUT2D eigenvalue weighted by molar-refractivity contribution is 0.625. The SMILES string of the molecule is CCC(Cc1cn(CC)nn1)c1ccc(Br)s1. The first-order valence-electron chi connectivity index (χ1n) is 5.87. The third-order valence-corrected chi connectivity index (χ3v) is 4.64. The van der Waals surface area contributed by atoms with Gasteiger partial charge in [-0.3, -0.25) is 4.68 Å². The third-order valence-electron chi connectivity index (χ3n) is 2.85. The van der Waals surface area contributed by atoms with Crippen LogP contribution in [-0.2, 0) is 13.0 Å². The molecule has 17 heavy (non-hydrogen) atoms. The third kappa shape index (κ3) is 3.16. The molecule has 5 heteroatoms. The van der Waals surface area contributed by atoms with Crippen molar-refractivity contribution in [1.29, 1.82) is 0 Å². The average Bonchev–Trinajstić information content (AvgIpc) is 2.94. The van der Waals surface area contributed by atoms with Crippen molar-refractivity contribution in [2.75, 3.05) is 0 Å². The van der Waals surface area contributed by atoms with E-state index in [1.165, 1.54) is 8.66 Å². The molecular formula is C12H16BrN3S. The van der Waals surface area contributed by atoms with Gasteiger partial charge in [-0.1, -0.05) is 12.1 Å². The Morgan fingerprint density at radius 3 is 2.76 bits per heavy atom. The van der Waals surface area contributed by atoms with Crippen LogP contribution < -0.4 is 0 Å². The van der Waals surface area contributed by atoms with E-state index >= 15 is 0 Å². The first kappa shape index (κ1) is 12.8. The van der Waals surface area contributed by atoms with Gasteiger partial charge in [0.1, 0.15) is 0 Å². The second kappa shape index (κ2) is 5.78. The van der Waals surface area contributed by atoms with E-state index in [-0.39, 0.29) is 0 Å². The molecule has 92 valence electrons. The van der Waals surface area contributed by atoms with Crippen molar-refractivity contribution in [1.82, 2.24) is 15.0 Å². The summed E-state index contributed by atoms with van der Waals surface area (Å²) in [6.07, 6.45) is 4.15. The Balaban J connectivity index is 2.09. The molecule has 0 aliphatic rings. The van der Waals surface area contributed by atoms with E-state index in [4.69, 9.17) is 0 Å². The van der Waals surface area contributed by atoms with Crippen LogP contribution in [0, 0.1) is 0 Å². The molecule has 0 radical (unpaired) electrons. The predicted molar refractivity (Wildman–Crippen MR) is 74.5 cm³/mol. The fourth-order valence-electron chi connectivity index (χ4n) is 1.83. The first-order chi connectivity index (χ1) is 8.22. The topological polar surface area (TPSA) is 30.7 Å². The molecule has 0 amide bonds. The zero-order valence-corrected chi connectivity index (χ0v) is 12.5. The van der Waals surface area contributed by atoms with Crippen LogP contribution in [0.5, 0.6) is 0 Å². The van der Waals surface area contributed by atoms with E-state index in [0.29, 0.717) is 5.92 Å². The summed E-state index contributed by atoms with van der Waals surface area (Å²) in [6, 6.07) is 4.32. The van der Waals surface area contributed by atoms with Crippen molar-refractivity contribution in [2.45, 2.75) is 39.2 Å². The van der Waals surface area contributed by atoms with Gasteiger partial charge in [-0.2, -0.15) is 0 Å². The summed E-state index contributed by atoms with van der Waals surface area (Å²) < 4.78 is 3.08. The van der Waals surface area contributed by atoms with Gasteiger partial charge in [0, 0.05) is 24.0 Å². The highest BCUT2D eigenvalue weighted by Gasteiger charge is 2.14. The molecule has 0 saturated heterocycles. The van der Waals surface area contributed by atoms with Crippen LogP contribution in [-0.4, -0.2) is 15.0 Å². The van der Waals surface area contributed by atoms with Crippen molar-refractivity contribution >= 4 is 27.3 Å². The number of nitrogens with zero attached hydrogens (tertiary/aromatic N) is 3. The van der Waals surface area contributed by atoms with Gasteiger partial charge in [0.25, 0.3) is 0 Å². The van der Waals surface area contributed by atoms with Crippen LogP contribution in [0.4, 0.5) is 0 Å². The lowest BCUT2D eigenvalue weighted by atomic mass is 9.99. The Morgan fingerprint density at radius 2 is 2.24 bits per heavy atom. The highest BCUT2D eigenvalue weighted by molar-refractivity contribution is 9.11. The summed E-state index contributed by atoms with van der Waals surface area (Å²) in [5.41, 5.74) is 1.09. The van der Waals surface area contributed by atoms with Gasteiger partial charge in [-0.15, -0.1) is 16.4 Å².